The molecule has 57 heavy (non-hydrogen) atoms. The molecule has 266 valence electrons. The van der Waals surface area contributed by atoms with Gasteiger partial charge in [0.1, 0.15) is 0 Å². The molecule has 0 atom stereocenters. The normalized spacial score (nSPS) is 11.5. The van der Waals surface area contributed by atoms with Crippen LogP contribution in [0, 0.1) is 0 Å². The number of para-hydroxylation sites is 1. The topological polar surface area (TPSA) is 56.5 Å². The van der Waals surface area contributed by atoms with E-state index < -0.39 is 0 Å². The summed E-state index contributed by atoms with van der Waals surface area (Å²) in [5.41, 5.74) is 11.6. The Hall–Kier alpha value is -7.76. The summed E-state index contributed by atoms with van der Waals surface area (Å²) in [6.07, 6.45) is 2.00. The van der Waals surface area contributed by atoms with E-state index in [1.807, 2.05) is 66.9 Å². The molecule has 0 radical (unpaired) electrons. The minimum Gasteiger partial charge on any atom is -0.309 e. The highest BCUT2D eigenvalue weighted by molar-refractivity contribution is 6.19. The van der Waals surface area contributed by atoms with E-state index in [-0.39, 0.29) is 0 Å². The highest BCUT2D eigenvalue weighted by atomic mass is 15.0. The van der Waals surface area contributed by atoms with Crippen molar-refractivity contribution < 1.29 is 0 Å². The van der Waals surface area contributed by atoms with E-state index in [2.05, 4.69) is 138 Å². The predicted octanol–water partition coefficient (Wildman–Crippen LogP) is 13.0. The first-order valence-electron chi connectivity index (χ1n) is 19.1. The van der Waals surface area contributed by atoms with Gasteiger partial charge in [-0.05, 0) is 64.5 Å². The van der Waals surface area contributed by atoms with Crippen molar-refractivity contribution >= 4 is 43.5 Å². The lowest BCUT2D eigenvalue weighted by Crippen LogP contribution is -2.00. The summed E-state index contributed by atoms with van der Waals surface area (Å²) in [5, 5.41) is 5.98. The molecule has 0 N–H and O–H groups in total. The molecule has 11 aromatic rings. The molecule has 11 rings (SSSR count). The molecule has 5 heteroatoms. The third-order valence-corrected chi connectivity index (χ3v) is 10.9. The van der Waals surface area contributed by atoms with Gasteiger partial charge in [-0.3, -0.25) is 4.98 Å². The minimum absolute atomic E-state index is 0.624. The van der Waals surface area contributed by atoms with Crippen LogP contribution in [0.25, 0.3) is 106 Å². The molecule has 0 aliphatic heterocycles. The zero-order chi connectivity index (χ0) is 37.7. The summed E-state index contributed by atoms with van der Waals surface area (Å²) in [6, 6.07) is 67.9. The summed E-state index contributed by atoms with van der Waals surface area (Å²) < 4.78 is 2.40. The van der Waals surface area contributed by atoms with E-state index in [1.165, 1.54) is 32.6 Å². The minimum atomic E-state index is 0.624. The van der Waals surface area contributed by atoms with Gasteiger partial charge in [0.15, 0.2) is 17.5 Å². The maximum atomic E-state index is 5.01. The van der Waals surface area contributed by atoms with E-state index >= 15 is 0 Å². The number of rotatable bonds is 6. The first kappa shape index (κ1) is 32.7. The van der Waals surface area contributed by atoms with Crippen LogP contribution in [0.2, 0.25) is 0 Å². The van der Waals surface area contributed by atoms with E-state index in [1.54, 1.807) is 0 Å². The first-order chi connectivity index (χ1) is 28.2. The van der Waals surface area contributed by atoms with Crippen molar-refractivity contribution in [1.82, 2.24) is 24.5 Å². The Bertz CT molecular complexity index is 3220. The molecule has 5 nitrogen and oxygen atoms in total. The first-order valence-corrected chi connectivity index (χ1v) is 19.1. The smallest absolute Gasteiger partial charge is 0.164 e. The van der Waals surface area contributed by atoms with Crippen molar-refractivity contribution in [3.05, 3.63) is 200 Å². The zero-order valence-corrected chi connectivity index (χ0v) is 30.8. The van der Waals surface area contributed by atoms with Crippen molar-refractivity contribution in [1.29, 1.82) is 0 Å². The van der Waals surface area contributed by atoms with Crippen LogP contribution < -0.4 is 0 Å². The molecule has 0 bridgehead atoms. The lowest BCUT2D eigenvalue weighted by Gasteiger charge is -2.12. The molecule has 0 saturated heterocycles. The number of hydrogen-bond donors (Lipinski definition) is 0. The number of hydrogen-bond acceptors (Lipinski definition) is 4. The molecule has 0 spiro atoms. The fourth-order valence-electron chi connectivity index (χ4n) is 8.13. The van der Waals surface area contributed by atoms with Gasteiger partial charge in [-0.1, -0.05) is 152 Å². The van der Waals surface area contributed by atoms with Crippen LogP contribution in [0.3, 0.4) is 0 Å². The van der Waals surface area contributed by atoms with Gasteiger partial charge in [0, 0.05) is 55.7 Å². The van der Waals surface area contributed by atoms with Crippen molar-refractivity contribution in [3.63, 3.8) is 0 Å². The van der Waals surface area contributed by atoms with Crippen molar-refractivity contribution in [2.24, 2.45) is 0 Å². The third-order valence-electron chi connectivity index (χ3n) is 10.9. The van der Waals surface area contributed by atoms with E-state index in [9.17, 15) is 0 Å². The van der Waals surface area contributed by atoms with Gasteiger partial charge in [0.05, 0.1) is 16.6 Å². The number of nitrogens with zero attached hydrogens (tertiary/aromatic N) is 5. The Morgan fingerprint density at radius 1 is 0.351 bits per heavy atom. The van der Waals surface area contributed by atoms with Crippen molar-refractivity contribution in [2.75, 3.05) is 0 Å². The van der Waals surface area contributed by atoms with Crippen LogP contribution in [0.5, 0.6) is 0 Å². The summed E-state index contributed by atoms with van der Waals surface area (Å²) in [5.74, 6) is 1.90. The third kappa shape index (κ3) is 5.72. The molecule has 0 amide bonds. The lowest BCUT2D eigenvalue weighted by atomic mass is 9.96. The van der Waals surface area contributed by atoms with Gasteiger partial charge in [-0.15, -0.1) is 0 Å². The van der Waals surface area contributed by atoms with Crippen molar-refractivity contribution in [3.8, 4) is 62.1 Å². The molecule has 3 aromatic heterocycles. The van der Waals surface area contributed by atoms with E-state index in [4.69, 9.17) is 19.9 Å². The Labute approximate surface area is 329 Å². The van der Waals surface area contributed by atoms with Crippen LogP contribution in [0.15, 0.2) is 200 Å². The number of benzene rings is 8. The molecule has 0 saturated carbocycles. The molecule has 8 aromatic carbocycles. The van der Waals surface area contributed by atoms with Crippen molar-refractivity contribution in [2.45, 2.75) is 0 Å². The second kappa shape index (κ2) is 13.5. The molecule has 0 aliphatic carbocycles. The van der Waals surface area contributed by atoms with Gasteiger partial charge in [0.2, 0.25) is 0 Å². The van der Waals surface area contributed by atoms with Gasteiger partial charge in [-0.2, -0.15) is 0 Å². The highest BCUT2D eigenvalue weighted by Gasteiger charge is 2.17. The second-order valence-electron chi connectivity index (χ2n) is 14.3. The van der Waals surface area contributed by atoms with Gasteiger partial charge in [-0.25, -0.2) is 15.0 Å². The SMILES string of the molecule is c1ccc(-c2nc(-c3ccccc3)nc(-c3cccc(-c4cccc5ncc(-c6ccc7c(c6)c6ccc8ccccc8c6n7-c6ccccc6)cc45)c3)n2)cc1. The standard InChI is InChI=1S/C52H33N5/c1-4-15-35(16-5-1)50-54-51(36-17-6-2-7-18-36)56-52(55-50)39-20-12-19-38(30-39)42-24-13-25-47-45(42)32-40(33-53-47)37-27-29-48-46(31-37)44-28-26-34-14-10-11-23-43(34)49(44)57(48)41-21-8-3-9-22-41/h1-33H. The van der Waals surface area contributed by atoms with Crippen LogP contribution >= 0.6 is 0 Å². The van der Waals surface area contributed by atoms with E-state index in [0.717, 1.165) is 55.5 Å². The lowest BCUT2D eigenvalue weighted by molar-refractivity contribution is 1.07. The predicted molar refractivity (Wildman–Crippen MR) is 234 cm³/mol. The largest absolute Gasteiger partial charge is 0.309 e. The summed E-state index contributed by atoms with van der Waals surface area (Å²) >= 11 is 0. The molecular weight excluding hydrogens is 695 g/mol. The highest BCUT2D eigenvalue weighted by Crippen LogP contribution is 2.39. The van der Waals surface area contributed by atoms with Crippen LogP contribution in [0.1, 0.15) is 0 Å². The number of pyridine rings is 1. The van der Waals surface area contributed by atoms with Gasteiger partial charge >= 0.3 is 0 Å². The average Bonchev–Trinajstić information content (AvgIpc) is 3.63. The summed E-state index contributed by atoms with van der Waals surface area (Å²) in [4.78, 5) is 19.9. The van der Waals surface area contributed by atoms with Gasteiger partial charge in [0.25, 0.3) is 0 Å². The van der Waals surface area contributed by atoms with Crippen LogP contribution in [0.4, 0.5) is 0 Å². The Morgan fingerprint density at radius 3 is 1.72 bits per heavy atom. The number of fused-ring (bicyclic) bond motifs is 6. The summed E-state index contributed by atoms with van der Waals surface area (Å²) in [7, 11) is 0. The average molecular weight is 728 g/mol. The monoisotopic (exact) mass is 727 g/mol. The fourth-order valence-corrected chi connectivity index (χ4v) is 8.13. The Morgan fingerprint density at radius 2 is 0.965 bits per heavy atom. The fraction of sp³-hybridized carbons (Fsp3) is 0. The molecule has 0 unspecified atom stereocenters. The van der Waals surface area contributed by atoms with E-state index in [0.29, 0.717) is 17.5 Å². The van der Waals surface area contributed by atoms with Crippen LogP contribution in [-0.2, 0) is 0 Å². The quantitative estimate of drug-likeness (QED) is 0.171. The maximum Gasteiger partial charge on any atom is 0.164 e. The summed E-state index contributed by atoms with van der Waals surface area (Å²) in [6.45, 7) is 0. The second-order valence-corrected chi connectivity index (χ2v) is 14.3. The van der Waals surface area contributed by atoms with Crippen LogP contribution in [-0.4, -0.2) is 24.5 Å². The Kier molecular flexibility index (Phi) is 7.74. The Balaban J connectivity index is 1.04. The number of aromatic nitrogens is 5. The molecule has 3 heterocycles. The molecule has 0 aliphatic rings. The molecule has 0 fully saturated rings. The zero-order valence-electron chi connectivity index (χ0n) is 30.8. The van der Waals surface area contributed by atoms with Gasteiger partial charge < -0.3 is 4.57 Å². The maximum absolute atomic E-state index is 5.01. The molecular formula is C52H33N5.